The summed E-state index contributed by atoms with van der Waals surface area (Å²) in [5.41, 5.74) is 11.7. The van der Waals surface area contributed by atoms with Crippen molar-refractivity contribution < 1.29 is 13.2 Å². The zero-order chi connectivity index (χ0) is 30.7. The van der Waals surface area contributed by atoms with Crippen LogP contribution in [0.2, 0.25) is 0 Å². The van der Waals surface area contributed by atoms with Crippen molar-refractivity contribution in [2.75, 3.05) is 12.3 Å². The third-order valence-corrected chi connectivity index (χ3v) is 9.10. The van der Waals surface area contributed by atoms with Gasteiger partial charge in [-0.2, -0.15) is 18.3 Å². The van der Waals surface area contributed by atoms with Crippen LogP contribution in [0.4, 0.5) is 19.0 Å². The summed E-state index contributed by atoms with van der Waals surface area (Å²) in [6.45, 7) is 1.12. The lowest BCUT2D eigenvalue weighted by Gasteiger charge is -2.38. The molecule has 5 heterocycles. The molecule has 230 valence electrons. The average Bonchev–Trinajstić information content (AvgIpc) is 3.76. The van der Waals surface area contributed by atoms with E-state index in [1.54, 1.807) is 0 Å². The van der Waals surface area contributed by atoms with Gasteiger partial charge in [-0.15, -0.1) is 10.2 Å². The van der Waals surface area contributed by atoms with Crippen molar-refractivity contribution in [3.63, 3.8) is 0 Å². The van der Waals surface area contributed by atoms with E-state index in [1.165, 1.54) is 16.5 Å². The number of nitrogens with one attached hydrogen (secondary N) is 1. The molecular formula is C31H30F3N11. The molecule has 0 bridgehead atoms. The first-order valence-electron chi connectivity index (χ1n) is 15.1. The molecule has 1 aliphatic carbocycles. The van der Waals surface area contributed by atoms with E-state index in [-0.39, 0.29) is 18.6 Å². The minimum absolute atomic E-state index is 0.101. The van der Waals surface area contributed by atoms with E-state index in [0.717, 1.165) is 59.2 Å². The molecule has 6 aromatic rings. The van der Waals surface area contributed by atoms with Crippen LogP contribution in [-0.4, -0.2) is 62.0 Å². The van der Waals surface area contributed by atoms with Gasteiger partial charge in [-0.25, -0.2) is 19.6 Å². The third-order valence-electron chi connectivity index (χ3n) is 9.10. The van der Waals surface area contributed by atoms with Gasteiger partial charge in [-0.1, -0.05) is 36.4 Å². The van der Waals surface area contributed by atoms with Gasteiger partial charge < -0.3 is 15.3 Å². The zero-order valence-electron chi connectivity index (χ0n) is 24.2. The SMILES string of the molecule is Nc1ncnc2c1c(-c1ccc3[nH]c(Cc4ccccc4)nc3c1)nn2[C@H]1CC[C@H](N2CCn3c(nnc3C(F)(F)F)C2)CC1. The van der Waals surface area contributed by atoms with Gasteiger partial charge in [0.2, 0.25) is 5.82 Å². The fourth-order valence-electron chi connectivity index (χ4n) is 6.90. The van der Waals surface area contributed by atoms with Crippen LogP contribution >= 0.6 is 0 Å². The molecular weight excluding hydrogens is 583 g/mol. The molecule has 11 nitrogen and oxygen atoms in total. The summed E-state index contributed by atoms with van der Waals surface area (Å²) in [4.78, 5) is 19.4. The van der Waals surface area contributed by atoms with Crippen LogP contribution in [-0.2, 0) is 25.7 Å². The van der Waals surface area contributed by atoms with Crippen molar-refractivity contribution in [1.82, 2.24) is 49.4 Å². The normalized spacial score (nSPS) is 19.4. The second kappa shape index (κ2) is 10.6. The van der Waals surface area contributed by atoms with E-state index in [0.29, 0.717) is 36.8 Å². The number of rotatable bonds is 5. The summed E-state index contributed by atoms with van der Waals surface area (Å²) in [5, 5.41) is 13.1. The minimum atomic E-state index is -4.50. The lowest BCUT2D eigenvalue weighted by Crippen LogP contribution is -2.43. The Morgan fingerprint density at radius 2 is 1.73 bits per heavy atom. The third kappa shape index (κ3) is 4.98. The number of halogens is 3. The quantitative estimate of drug-likeness (QED) is 0.273. The standard InChI is InChI=1S/C31H30F3N11/c32-31(33,34)30-41-40-25-16-43(12-13-44(25)30)20-7-9-21(10-8-20)45-29-26(28(35)36-17-37-29)27(42-45)19-6-11-22-23(15-19)39-24(38-22)14-18-4-2-1-3-5-18/h1-6,11,15,17,20-21H,7-10,12-14,16H2,(H,38,39)(H2,35,36,37)/t20-,21-. The smallest absolute Gasteiger partial charge is 0.383 e. The summed E-state index contributed by atoms with van der Waals surface area (Å²) in [7, 11) is 0. The maximum atomic E-state index is 13.3. The van der Waals surface area contributed by atoms with Gasteiger partial charge in [0.25, 0.3) is 0 Å². The van der Waals surface area contributed by atoms with E-state index in [4.69, 9.17) is 15.8 Å². The Morgan fingerprint density at radius 3 is 2.53 bits per heavy atom. The van der Waals surface area contributed by atoms with Crippen molar-refractivity contribution in [2.24, 2.45) is 0 Å². The lowest BCUT2D eigenvalue weighted by molar-refractivity contribution is -0.148. The van der Waals surface area contributed by atoms with Gasteiger partial charge in [-0.05, 0) is 43.4 Å². The summed E-state index contributed by atoms with van der Waals surface area (Å²) < 4.78 is 43.0. The van der Waals surface area contributed by atoms with Crippen molar-refractivity contribution in [1.29, 1.82) is 0 Å². The predicted molar refractivity (Wildman–Crippen MR) is 161 cm³/mol. The fourth-order valence-corrected chi connectivity index (χ4v) is 6.90. The number of aromatic nitrogens is 9. The number of alkyl halides is 3. The molecule has 0 amide bonds. The molecule has 3 N–H and O–H groups in total. The summed E-state index contributed by atoms with van der Waals surface area (Å²) >= 11 is 0. The zero-order valence-corrected chi connectivity index (χ0v) is 24.2. The van der Waals surface area contributed by atoms with Gasteiger partial charge >= 0.3 is 6.18 Å². The van der Waals surface area contributed by atoms with Crippen molar-refractivity contribution >= 4 is 27.9 Å². The van der Waals surface area contributed by atoms with E-state index < -0.39 is 12.0 Å². The van der Waals surface area contributed by atoms with Gasteiger partial charge in [0, 0.05) is 31.1 Å². The van der Waals surface area contributed by atoms with Gasteiger partial charge in [-0.3, -0.25) is 4.90 Å². The molecule has 8 rings (SSSR count). The number of nitrogen functional groups attached to an aromatic ring is 1. The fraction of sp³-hybridized carbons (Fsp3) is 0.355. The molecule has 1 aliphatic heterocycles. The first-order chi connectivity index (χ1) is 21.8. The molecule has 14 heteroatoms. The lowest BCUT2D eigenvalue weighted by atomic mass is 9.90. The Balaban J connectivity index is 1.03. The van der Waals surface area contributed by atoms with Crippen LogP contribution in [0, 0.1) is 0 Å². The van der Waals surface area contributed by atoms with Crippen molar-refractivity contribution in [3.05, 3.63) is 77.9 Å². The van der Waals surface area contributed by atoms with Crippen molar-refractivity contribution in [2.45, 2.75) is 63.5 Å². The largest absolute Gasteiger partial charge is 0.451 e. The van der Waals surface area contributed by atoms with Gasteiger partial charge in [0.15, 0.2) is 5.65 Å². The molecule has 1 fully saturated rings. The number of benzene rings is 2. The predicted octanol–water partition coefficient (Wildman–Crippen LogP) is 5.15. The molecule has 0 radical (unpaired) electrons. The molecule has 0 atom stereocenters. The van der Waals surface area contributed by atoms with E-state index in [2.05, 4.69) is 42.2 Å². The summed E-state index contributed by atoms with van der Waals surface area (Å²) in [6.07, 6.45) is 1.14. The molecule has 4 aromatic heterocycles. The number of nitrogens with zero attached hydrogens (tertiary/aromatic N) is 9. The van der Waals surface area contributed by atoms with Gasteiger partial charge in [0.1, 0.15) is 29.5 Å². The number of nitrogens with two attached hydrogens (primary N) is 1. The van der Waals surface area contributed by atoms with E-state index >= 15 is 0 Å². The Kier molecular flexibility index (Phi) is 6.55. The Morgan fingerprint density at radius 1 is 0.933 bits per heavy atom. The molecule has 2 aliphatic rings. The maximum Gasteiger partial charge on any atom is 0.451 e. The van der Waals surface area contributed by atoms with Crippen LogP contribution in [0.15, 0.2) is 54.9 Å². The molecule has 2 aromatic carbocycles. The second-order valence-electron chi connectivity index (χ2n) is 11.9. The number of H-pyrrole nitrogens is 1. The molecule has 45 heavy (non-hydrogen) atoms. The number of anilines is 1. The molecule has 0 unspecified atom stereocenters. The summed E-state index contributed by atoms with van der Waals surface area (Å²) in [5.74, 6) is 0.713. The highest BCUT2D eigenvalue weighted by molar-refractivity contribution is 5.99. The molecule has 0 spiro atoms. The highest BCUT2D eigenvalue weighted by atomic mass is 19.4. The number of hydrogen-bond donors (Lipinski definition) is 2. The second-order valence-corrected chi connectivity index (χ2v) is 11.9. The maximum absolute atomic E-state index is 13.3. The van der Waals surface area contributed by atoms with E-state index in [9.17, 15) is 13.2 Å². The van der Waals surface area contributed by atoms with E-state index in [1.807, 2.05) is 41.1 Å². The highest BCUT2D eigenvalue weighted by Crippen LogP contribution is 2.38. The Labute approximate surface area is 255 Å². The molecule has 1 saturated carbocycles. The average molecular weight is 614 g/mol. The number of hydrogen-bond acceptors (Lipinski definition) is 8. The highest BCUT2D eigenvalue weighted by Gasteiger charge is 2.40. The first kappa shape index (κ1) is 27.7. The monoisotopic (exact) mass is 613 g/mol. The Hall–Kier alpha value is -4.85. The summed E-state index contributed by atoms with van der Waals surface area (Å²) in [6, 6.07) is 16.6. The van der Waals surface area contributed by atoms with Crippen molar-refractivity contribution in [3.8, 4) is 11.3 Å². The number of imidazole rings is 1. The number of fused-ring (bicyclic) bond motifs is 3. The topological polar surface area (TPSA) is 132 Å². The van der Waals surface area contributed by atoms with Crippen LogP contribution in [0.5, 0.6) is 0 Å². The number of aromatic amines is 1. The van der Waals surface area contributed by atoms with Crippen LogP contribution < -0.4 is 5.73 Å². The first-order valence-corrected chi connectivity index (χ1v) is 15.1. The van der Waals surface area contributed by atoms with Crippen LogP contribution in [0.1, 0.15) is 54.8 Å². The molecule has 0 saturated heterocycles. The minimum Gasteiger partial charge on any atom is -0.383 e. The van der Waals surface area contributed by atoms with Crippen LogP contribution in [0.3, 0.4) is 0 Å². The van der Waals surface area contributed by atoms with Crippen LogP contribution in [0.25, 0.3) is 33.3 Å². The Bertz CT molecular complexity index is 2000. The van der Waals surface area contributed by atoms with Gasteiger partial charge in [0.05, 0.1) is 29.0 Å².